The zero-order valence-electron chi connectivity index (χ0n) is 11.0. The Bertz CT molecular complexity index is 364. The monoisotopic (exact) mass is 311 g/mol. The van der Waals surface area contributed by atoms with E-state index in [-0.39, 0.29) is 0 Å². The van der Waals surface area contributed by atoms with Gasteiger partial charge in [-0.25, -0.2) is 0 Å². The summed E-state index contributed by atoms with van der Waals surface area (Å²) in [5, 5.41) is 3.50. The second-order valence-electron chi connectivity index (χ2n) is 4.99. The predicted molar refractivity (Wildman–Crippen MR) is 80.0 cm³/mol. The van der Waals surface area contributed by atoms with Gasteiger partial charge in [-0.15, -0.1) is 0 Å². The highest BCUT2D eigenvalue weighted by Crippen LogP contribution is 2.26. The van der Waals surface area contributed by atoms with Crippen molar-refractivity contribution in [2.75, 3.05) is 31.1 Å². The molecule has 1 aliphatic rings. The van der Waals surface area contributed by atoms with E-state index in [1.807, 2.05) is 12.4 Å². The van der Waals surface area contributed by atoms with Crippen molar-refractivity contribution in [3.8, 4) is 0 Å². The molecule has 1 aromatic heterocycles. The molecule has 1 fully saturated rings. The van der Waals surface area contributed by atoms with Gasteiger partial charge >= 0.3 is 0 Å². The summed E-state index contributed by atoms with van der Waals surface area (Å²) in [4.78, 5) is 6.64. The summed E-state index contributed by atoms with van der Waals surface area (Å²) in [7, 11) is 0. The minimum absolute atomic E-state index is 0.769. The zero-order chi connectivity index (χ0) is 12.8. The molecule has 1 atom stereocenters. The molecule has 3 nitrogen and oxygen atoms in total. The fourth-order valence-electron chi connectivity index (χ4n) is 2.60. The largest absolute Gasteiger partial charge is 0.370 e. The van der Waals surface area contributed by atoms with Gasteiger partial charge in [0.1, 0.15) is 0 Å². The third-order valence-electron chi connectivity index (χ3n) is 3.46. The predicted octanol–water partition coefficient (Wildman–Crippen LogP) is 3.06. The fraction of sp³-hybridized carbons (Fsp3) is 0.643. The third kappa shape index (κ3) is 3.69. The molecule has 0 bridgehead atoms. The number of anilines is 1. The van der Waals surface area contributed by atoms with Crippen molar-refractivity contribution in [1.82, 2.24) is 10.3 Å². The average molecular weight is 312 g/mol. The molecule has 1 unspecified atom stereocenters. The Hall–Kier alpha value is -0.610. The van der Waals surface area contributed by atoms with Crippen LogP contribution in [0.2, 0.25) is 0 Å². The van der Waals surface area contributed by atoms with Crippen LogP contribution in [0.5, 0.6) is 0 Å². The Morgan fingerprint density at radius 2 is 2.44 bits per heavy atom. The molecule has 18 heavy (non-hydrogen) atoms. The van der Waals surface area contributed by atoms with Crippen LogP contribution >= 0.6 is 15.9 Å². The normalized spacial score (nSPS) is 19.8. The van der Waals surface area contributed by atoms with Gasteiger partial charge in [-0.3, -0.25) is 4.98 Å². The number of nitrogens with one attached hydrogen (secondary N) is 1. The first kappa shape index (κ1) is 13.8. The van der Waals surface area contributed by atoms with Gasteiger partial charge in [0, 0.05) is 25.5 Å². The maximum atomic E-state index is 4.15. The number of pyridine rings is 1. The second-order valence-corrected chi connectivity index (χ2v) is 5.84. The van der Waals surface area contributed by atoms with Gasteiger partial charge in [0.25, 0.3) is 0 Å². The Morgan fingerprint density at radius 3 is 3.11 bits per heavy atom. The quantitative estimate of drug-likeness (QED) is 0.906. The molecule has 0 aliphatic carbocycles. The molecule has 4 heteroatoms. The first-order valence-corrected chi connectivity index (χ1v) is 7.65. The number of nitrogens with zero attached hydrogens (tertiary/aromatic N) is 2. The van der Waals surface area contributed by atoms with E-state index < -0.39 is 0 Å². The maximum Gasteiger partial charge on any atom is 0.0592 e. The van der Waals surface area contributed by atoms with Gasteiger partial charge in [-0.05, 0) is 60.3 Å². The highest BCUT2D eigenvalue weighted by Gasteiger charge is 2.18. The minimum atomic E-state index is 0.769. The molecule has 2 heterocycles. The number of hydrogen-bond acceptors (Lipinski definition) is 3. The number of aromatic nitrogens is 1. The SMILES string of the molecule is CCCN(CC1CCCNC1)c1ccncc1Br. The van der Waals surface area contributed by atoms with E-state index in [1.54, 1.807) is 0 Å². The van der Waals surface area contributed by atoms with E-state index in [9.17, 15) is 0 Å². The molecule has 0 saturated carbocycles. The fourth-order valence-corrected chi connectivity index (χ4v) is 3.10. The van der Waals surface area contributed by atoms with E-state index in [4.69, 9.17) is 0 Å². The number of rotatable bonds is 5. The van der Waals surface area contributed by atoms with Crippen LogP contribution in [0.15, 0.2) is 22.9 Å². The highest BCUT2D eigenvalue weighted by molar-refractivity contribution is 9.10. The van der Waals surface area contributed by atoms with Crippen LogP contribution < -0.4 is 10.2 Å². The molecular formula is C14H22BrN3. The van der Waals surface area contributed by atoms with Crippen molar-refractivity contribution >= 4 is 21.6 Å². The first-order chi connectivity index (χ1) is 8.81. The number of halogens is 1. The Balaban J connectivity index is 2.05. The Kier molecular flexibility index (Phi) is 5.45. The zero-order valence-corrected chi connectivity index (χ0v) is 12.6. The molecule has 0 aromatic carbocycles. The number of piperidine rings is 1. The molecule has 0 radical (unpaired) electrons. The summed E-state index contributed by atoms with van der Waals surface area (Å²) in [6.45, 7) is 6.83. The average Bonchev–Trinajstić information content (AvgIpc) is 2.40. The lowest BCUT2D eigenvalue weighted by Gasteiger charge is -2.32. The van der Waals surface area contributed by atoms with E-state index in [1.165, 1.54) is 31.5 Å². The Labute approximate surface area is 118 Å². The molecule has 0 amide bonds. The van der Waals surface area contributed by atoms with Gasteiger partial charge in [0.2, 0.25) is 0 Å². The van der Waals surface area contributed by atoms with Crippen molar-refractivity contribution in [1.29, 1.82) is 0 Å². The molecule has 0 spiro atoms. The Morgan fingerprint density at radius 1 is 1.56 bits per heavy atom. The molecule has 2 rings (SSSR count). The smallest absolute Gasteiger partial charge is 0.0592 e. The molecule has 100 valence electrons. The van der Waals surface area contributed by atoms with Gasteiger partial charge in [0.05, 0.1) is 10.2 Å². The molecule has 1 N–H and O–H groups in total. The molecule has 1 saturated heterocycles. The lowest BCUT2D eigenvalue weighted by atomic mass is 9.99. The van der Waals surface area contributed by atoms with Crippen molar-refractivity contribution in [2.45, 2.75) is 26.2 Å². The molecular weight excluding hydrogens is 290 g/mol. The second kappa shape index (κ2) is 7.10. The van der Waals surface area contributed by atoms with Gasteiger partial charge in [-0.2, -0.15) is 0 Å². The van der Waals surface area contributed by atoms with Gasteiger partial charge < -0.3 is 10.2 Å². The minimum Gasteiger partial charge on any atom is -0.370 e. The molecule has 1 aliphatic heterocycles. The number of hydrogen-bond donors (Lipinski definition) is 1. The van der Waals surface area contributed by atoms with E-state index in [2.05, 4.69) is 44.1 Å². The van der Waals surface area contributed by atoms with Crippen molar-refractivity contribution in [3.63, 3.8) is 0 Å². The summed E-state index contributed by atoms with van der Waals surface area (Å²) in [6.07, 6.45) is 7.59. The third-order valence-corrected chi connectivity index (χ3v) is 4.07. The van der Waals surface area contributed by atoms with Crippen LogP contribution in [0.1, 0.15) is 26.2 Å². The summed E-state index contributed by atoms with van der Waals surface area (Å²) in [6, 6.07) is 2.11. The summed E-state index contributed by atoms with van der Waals surface area (Å²) in [5.74, 6) is 0.769. The summed E-state index contributed by atoms with van der Waals surface area (Å²) < 4.78 is 1.10. The van der Waals surface area contributed by atoms with Crippen LogP contribution in [0.3, 0.4) is 0 Å². The van der Waals surface area contributed by atoms with Crippen LogP contribution in [0.4, 0.5) is 5.69 Å². The van der Waals surface area contributed by atoms with Crippen LogP contribution in [0.25, 0.3) is 0 Å². The van der Waals surface area contributed by atoms with Crippen molar-refractivity contribution in [2.24, 2.45) is 5.92 Å². The topological polar surface area (TPSA) is 28.2 Å². The lowest BCUT2D eigenvalue weighted by molar-refractivity contribution is 0.376. The summed E-state index contributed by atoms with van der Waals surface area (Å²) >= 11 is 3.61. The summed E-state index contributed by atoms with van der Waals surface area (Å²) in [5.41, 5.74) is 1.28. The van der Waals surface area contributed by atoms with Gasteiger partial charge in [-0.1, -0.05) is 6.92 Å². The highest BCUT2D eigenvalue weighted by atomic mass is 79.9. The van der Waals surface area contributed by atoms with E-state index in [0.29, 0.717) is 0 Å². The van der Waals surface area contributed by atoms with Crippen molar-refractivity contribution < 1.29 is 0 Å². The first-order valence-electron chi connectivity index (χ1n) is 6.86. The van der Waals surface area contributed by atoms with Crippen LogP contribution in [-0.2, 0) is 0 Å². The van der Waals surface area contributed by atoms with Crippen molar-refractivity contribution in [3.05, 3.63) is 22.9 Å². The van der Waals surface area contributed by atoms with Gasteiger partial charge in [0.15, 0.2) is 0 Å². The molecule has 1 aromatic rings. The van der Waals surface area contributed by atoms with E-state index >= 15 is 0 Å². The maximum absolute atomic E-state index is 4.15. The van der Waals surface area contributed by atoms with Crippen LogP contribution in [0, 0.1) is 5.92 Å². The lowest BCUT2D eigenvalue weighted by Crippen LogP contribution is -2.38. The standard InChI is InChI=1S/C14H22BrN3/c1-2-8-18(11-12-4-3-6-16-9-12)14-5-7-17-10-13(14)15/h5,7,10,12,16H,2-4,6,8-9,11H2,1H3. The van der Waals surface area contributed by atoms with Crippen LogP contribution in [-0.4, -0.2) is 31.2 Å². The van der Waals surface area contributed by atoms with E-state index in [0.717, 1.165) is 30.0 Å².